The maximum Gasteiger partial charge on any atom is 0.407 e. The first kappa shape index (κ1) is 38.2. The normalized spacial score (nSPS) is 10.8. The highest BCUT2D eigenvalue weighted by Gasteiger charge is 2.03. The van der Waals surface area contributed by atoms with Crippen molar-refractivity contribution in [2.75, 3.05) is 26.3 Å². The van der Waals surface area contributed by atoms with E-state index in [1.165, 1.54) is 70.6 Å². The van der Waals surface area contributed by atoms with Crippen molar-refractivity contribution >= 4 is 18.0 Å². The van der Waals surface area contributed by atoms with E-state index in [4.69, 9.17) is 9.47 Å². The van der Waals surface area contributed by atoms with Gasteiger partial charge in [-0.15, -0.1) is 0 Å². The van der Waals surface area contributed by atoms with Crippen molar-refractivity contribution in [1.29, 1.82) is 0 Å². The van der Waals surface area contributed by atoms with Crippen LogP contribution in [0, 0.1) is 0 Å². The van der Waals surface area contributed by atoms with Gasteiger partial charge in [-0.3, -0.25) is 9.59 Å². The molecule has 0 aromatic rings. The van der Waals surface area contributed by atoms with E-state index in [9.17, 15) is 14.4 Å². The first-order valence-electron chi connectivity index (χ1n) is 16.9. The maximum atomic E-state index is 12.0. The standard InChI is InChI=1S/C33H64N2O5/c1-3-5-29-39-32(37)26-22-18-14-10-8-11-15-19-23-27-34-31(36)25-21-17-13-9-7-12-16-20-24-28-35-33(38)40-30-6-4-2/h3-30H2,1-2H3,(H,34,36)(H,35,38). The highest BCUT2D eigenvalue weighted by molar-refractivity contribution is 5.75. The monoisotopic (exact) mass is 568 g/mol. The largest absolute Gasteiger partial charge is 0.466 e. The maximum absolute atomic E-state index is 12.0. The SMILES string of the molecule is CCCCOC(=O)CCCCCCCCCCCNC(=O)CCCCCCCCCCCNC(=O)OCCCC. The first-order chi connectivity index (χ1) is 19.6. The highest BCUT2D eigenvalue weighted by Crippen LogP contribution is 2.12. The zero-order chi connectivity index (χ0) is 29.4. The summed E-state index contributed by atoms with van der Waals surface area (Å²) < 4.78 is 10.2. The minimum absolute atomic E-state index is 0.0383. The van der Waals surface area contributed by atoms with Crippen molar-refractivity contribution in [2.24, 2.45) is 0 Å². The second kappa shape index (κ2) is 31.7. The van der Waals surface area contributed by atoms with Gasteiger partial charge in [0.2, 0.25) is 5.91 Å². The Labute approximate surface area is 246 Å². The van der Waals surface area contributed by atoms with E-state index in [1.54, 1.807) is 0 Å². The molecule has 0 heterocycles. The van der Waals surface area contributed by atoms with Crippen LogP contribution in [0.25, 0.3) is 0 Å². The average molecular weight is 569 g/mol. The Morgan fingerprint density at radius 1 is 0.450 bits per heavy atom. The van der Waals surface area contributed by atoms with Crippen LogP contribution in [-0.2, 0) is 19.1 Å². The van der Waals surface area contributed by atoms with Crippen LogP contribution in [0.15, 0.2) is 0 Å². The van der Waals surface area contributed by atoms with Gasteiger partial charge in [-0.25, -0.2) is 4.79 Å². The number of unbranched alkanes of at least 4 members (excludes halogenated alkanes) is 18. The predicted octanol–water partition coefficient (Wildman–Crippen LogP) is 8.77. The number of amides is 2. The van der Waals surface area contributed by atoms with Gasteiger partial charge in [0, 0.05) is 25.9 Å². The summed E-state index contributed by atoms with van der Waals surface area (Å²) in [4.78, 5) is 35.0. The third-order valence-electron chi connectivity index (χ3n) is 7.22. The molecule has 0 radical (unpaired) electrons. The fraction of sp³-hybridized carbons (Fsp3) is 0.909. The Kier molecular flexibility index (Phi) is 30.3. The number of nitrogens with one attached hydrogen (secondary N) is 2. The number of hydrogen-bond donors (Lipinski definition) is 2. The molecule has 0 aliphatic carbocycles. The van der Waals surface area contributed by atoms with E-state index < -0.39 is 0 Å². The molecule has 0 aliphatic rings. The molecule has 236 valence electrons. The summed E-state index contributed by atoms with van der Waals surface area (Å²) in [7, 11) is 0. The Bertz CT molecular complexity index is 537. The van der Waals surface area contributed by atoms with Crippen LogP contribution < -0.4 is 10.6 Å². The molecule has 0 aromatic carbocycles. The summed E-state index contributed by atoms with van der Waals surface area (Å²) >= 11 is 0. The number of carbonyl (C=O) groups excluding carboxylic acids is 3. The third-order valence-corrected chi connectivity index (χ3v) is 7.22. The second-order valence-corrected chi connectivity index (χ2v) is 11.2. The van der Waals surface area contributed by atoms with Crippen LogP contribution in [0.1, 0.15) is 168 Å². The van der Waals surface area contributed by atoms with Gasteiger partial charge in [0.15, 0.2) is 0 Å². The fourth-order valence-corrected chi connectivity index (χ4v) is 4.55. The summed E-state index contributed by atoms with van der Waals surface area (Å²) in [6.45, 7) is 6.77. The zero-order valence-corrected chi connectivity index (χ0v) is 26.3. The van der Waals surface area contributed by atoms with Crippen LogP contribution in [0.5, 0.6) is 0 Å². The molecule has 40 heavy (non-hydrogen) atoms. The number of rotatable bonds is 30. The predicted molar refractivity (Wildman–Crippen MR) is 165 cm³/mol. The van der Waals surface area contributed by atoms with Gasteiger partial charge >= 0.3 is 12.1 Å². The van der Waals surface area contributed by atoms with E-state index >= 15 is 0 Å². The van der Waals surface area contributed by atoms with Crippen molar-refractivity contribution in [1.82, 2.24) is 10.6 Å². The van der Waals surface area contributed by atoms with Crippen LogP contribution in [0.2, 0.25) is 0 Å². The summed E-state index contributed by atoms with van der Waals surface area (Å²) in [6.07, 6.45) is 25.9. The Balaban J connectivity index is 3.24. The quantitative estimate of drug-likeness (QED) is 0.0667. The number of carbonyl (C=O) groups is 3. The molecule has 0 fully saturated rings. The van der Waals surface area contributed by atoms with E-state index in [0.29, 0.717) is 32.6 Å². The van der Waals surface area contributed by atoms with Crippen molar-refractivity contribution in [3.05, 3.63) is 0 Å². The van der Waals surface area contributed by atoms with Gasteiger partial charge in [0.05, 0.1) is 13.2 Å². The molecule has 0 spiro atoms. The average Bonchev–Trinajstić information content (AvgIpc) is 2.94. The van der Waals surface area contributed by atoms with Gasteiger partial charge < -0.3 is 20.1 Å². The Morgan fingerprint density at radius 3 is 1.35 bits per heavy atom. The lowest BCUT2D eigenvalue weighted by atomic mass is 10.1. The van der Waals surface area contributed by atoms with Crippen molar-refractivity contribution in [2.45, 2.75) is 168 Å². The molecule has 0 atom stereocenters. The highest BCUT2D eigenvalue weighted by atomic mass is 16.5. The Hall–Kier alpha value is -1.79. The number of ether oxygens (including phenoxy) is 2. The van der Waals surface area contributed by atoms with Crippen LogP contribution >= 0.6 is 0 Å². The van der Waals surface area contributed by atoms with Gasteiger partial charge in [0.1, 0.15) is 0 Å². The molecule has 2 N–H and O–H groups in total. The topological polar surface area (TPSA) is 93.7 Å². The lowest BCUT2D eigenvalue weighted by Crippen LogP contribution is -2.25. The van der Waals surface area contributed by atoms with Crippen LogP contribution in [-0.4, -0.2) is 44.3 Å². The smallest absolute Gasteiger partial charge is 0.407 e. The molecular weight excluding hydrogens is 504 g/mol. The van der Waals surface area contributed by atoms with Gasteiger partial charge in [-0.05, 0) is 38.5 Å². The first-order valence-corrected chi connectivity index (χ1v) is 16.9. The van der Waals surface area contributed by atoms with Crippen molar-refractivity contribution in [3.63, 3.8) is 0 Å². The van der Waals surface area contributed by atoms with E-state index in [-0.39, 0.29) is 18.0 Å². The third kappa shape index (κ3) is 30.7. The molecule has 0 aromatic heterocycles. The van der Waals surface area contributed by atoms with E-state index in [2.05, 4.69) is 24.5 Å². The molecule has 0 aliphatic heterocycles. The Morgan fingerprint density at radius 2 is 0.850 bits per heavy atom. The minimum Gasteiger partial charge on any atom is -0.466 e. The molecule has 0 unspecified atom stereocenters. The van der Waals surface area contributed by atoms with Gasteiger partial charge in [0.25, 0.3) is 0 Å². The molecular formula is C33H64N2O5. The fourth-order valence-electron chi connectivity index (χ4n) is 4.55. The second-order valence-electron chi connectivity index (χ2n) is 11.2. The van der Waals surface area contributed by atoms with Crippen molar-refractivity contribution in [3.8, 4) is 0 Å². The molecule has 7 nitrogen and oxygen atoms in total. The zero-order valence-electron chi connectivity index (χ0n) is 26.3. The molecule has 0 rings (SSSR count). The molecule has 2 amide bonds. The summed E-state index contributed by atoms with van der Waals surface area (Å²) in [5.41, 5.74) is 0. The van der Waals surface area contributed by atoms with Crippen LogP contribution in [0.4, 0.5) is 4.79 Å². The van der Waals surface area contributed by atoms with Gasteiger partial charge in [-0.1, -0.05) is 117 Å². The number of esters is 1. The number of alkyl carbamates (subject to hydrolysis) is 1. The molecule has 0 saturated carbocycles. The molecule has 0 bridgehead atoms. The molecule has 7 heteroatoms. The number of hydrogen-bond acceptors (Lipinski definition) is 5. The summed E-state index contributed by atoms with van der Waals surface area (Å²) in [6, 6.07) is 0. The van der Waals surface area contributed by atoms with Crippen molar-refractivity contribution < 1.29 is 23.9 Å². The lowest BCUT2D eigenvalue weighted by Gasteiger charge is -2.07. The summed E-state index contributed by atoms with van der Waals surface area (Å²) in [5, 5.41) is 5.89. The minimum atomic E-state index is -0.285. The van der Waals surface area contributed by atoms with Gasteiger partial charge in [-0.2, -0.15) is 0 Å². The summed E-state index contributed by atoms with van der Waals surface area (Å²) in [5.74, 6) is 0.167. The van der Waals surface area contributed by atoms with E-state index in [1.807, 2.05) is 0 Å². The van der Waals surface area contributed by atoms with E-state index in [0.717, 1.165) is 77.2 Å². The van der Waals surface area contributed by atoms with Crippen LogP contribution in [0.3, 0.4) is 0 Å². The molecule has 0 saturated heterocycles. The lowest BCUT2D eigenvalue weighted by molar-refractivity contribution is -0.143.